The van der Waals surface area contributed by atoms with Gasteiger partial charge in [0.15, 0.2) is 6.29 Å². The average Bonchev–Trinajstić information content (AvgIpc) is 2.15. The number of aryl methyl sites for hydroxylation is 1. The molecule has 1 aromatic rings. The summed E-state index contributed by atoms with van der Waals surface area (Å²) in [6.45, 7) is 3.94. The Morgan fingerprint density at radius 2 is 2.00 bits per heavy atom. The first-order valence-electron chi connectivity index (χ1n) is 5.50. The summed E-state index contributed by atoms with van der Waals surface area (Å²) in [6, 6.07) is 3.96. The highest BCUT2D eigenvalue weighted by Crippen LogP contribution is 2.27. The third kappa shape index (κ3) is 3.53. The molecule has 0 radical (unpaired) electrons. The van der Waals surface area contributed by atoms with Crippen LogP contribution in [0.25, 0.3) is 0 Å². The van der Waals surface area contributed by atoms with Crippen molar-refractivity contribution in [2.45, 2.75) is 12.8 Å². The molecule has 1 fully saturated rings. The van der Waals surface area contributed by atoms with E-state index in [0.29, 0.717) is 16.5 Å². The quantitative estimate of drug-likeness (QED) is 0.825. The molecule has 0 aliphatic carbocycles. The maximum absolute atomic E-state index is 10.7. The van der Waals surface area contributed by atoms with E-state index in [9.17, 15) is 4.79 Å². The highest BCUT2D eigenvalue weighted by Gasteiger charge is 2.20. The number of carbonyl (C=O) groups is 1. The number of halogens is 1. The standard InChI is InChI=1S/C11H12ClNO.C2H6O/c1-7-2-8(9-4-13-5-9)3-11(12)10(7)6-14;1-3-2/h2-3,6,9,13H,4-5H2,1H3;1-2H3. The molecule has 4 heteroatoms. The first-order chi connectivity index (χ1) is 8.13. The molecule has 0 bridgehead atoms. The number of methoxy groups -OCH3 is 1. The van der Waals surface area contributed by atoms with Crippen LogP contribution in [0.15, 0.2) is 12.1 Å². The van der Waals surface area contributed by atoms with Crippen molar-refractivity contribution in [3.63, 3.8) is 0 Å². The summed E-state index contributed by atoms with van der Waals surface area (Å²) in [5.74, 6) is 0.562. The van der Waals surface area contributed by atoms with Gasteiger partial charge in [-0.2, -0.15) is 0 Å². The van der Waals surface area contributed by atoms with E-state index in [4.69, 9.17) is 11.6 Å². The predicted octanol–water partition coefficient (Wildman–Crippen LogP) is 2.41. The van der Waals surface area contributed by atoms with Crippen LogP contribution in [0, 0.1) is 6.92 Å². The van der Waals surface area contributed by atoms with Gasteiger partial charge in [0.05, 0.1) is 5.02 Å². The van der Waals surface area contributed by atoms with E-state index in [1.54, 1.807) is 14.2 Å². The van der Waals surface area contributed by atoms with Crippen molar-refractivity contribution in [3.8, 4) is 0 Å². The second kappa shape index (κ2) is 6.74. The Hall–Kier alpha value is -0.900. The summed E-state index contributed by atoms with van der Waals surface area (Å²) in [4.78, 5) is 10.7. The number of aldehydes is 1. The number of carbonyl (C=O) groups excluding carboxylic acids is 1. The molecule has 2 rings (SSSR count). The van der Waals surface area contributed by atoms with Crippen molar-refractivity contribution in [3.05, 3.63) is 33.8 Å². The SMILES string of the molecule is COC.Cc1cc(C2CNC2)cc(Cl)c1C=O. The molecular formula is C13H18ClNO2. The average molecular weight is 256 g/mol. The summed E-state index contributed by atoms with van der Waals surface area (Å²) in [7, 11) is 3.25. The fourth-order valence-corrected chi connectivity index (χ4v) is 2.01. The molecule has 0 spiro atoms. The Morgan fingerprint density at radius 1 is 1.41 bits per heavy atom. The second-order valence-corrected chi connectivity index (χ2v) is 4.52. The zero-order chi connectivity index (χ0) is 12.8. The van der Waals surface area contributed by atoms with Gasteiger partial charge >= 0.3 is 0 Å². The van der Waals surface area contributed by atoms with E-state index in [-0.39, 0.29) is 0 Å². The molecule has 0 saturated carbocycles. The molecule has 0 atom stereocenters. The van der Waals surface area contributed by atoms with Crippen LogP contribution >= 0.6 is 11.6 Å². The lowest BCUT2D eigenvalue weighted by atomic mass is 9.91. The fraction of sp³-hybridized carbons (Fsp3) is 0.462. The van der Waals surface area contributed by atoms with Crippen LogP contribution in [-0.4, -0.2) is 33.6 Å². The topological polar surface area (TPSA) is 38.3 Å². The van der Waals surface area contributed by atoms with E-state index < -0.39 is 0 Å². The minimum absolute atomic E-state index is 0.562. The van der Waals surface area contributed by atoms with Crippen LogP contribution in [0.4, 0.5) is 0 Å². The number of hydrogen-bond acceptors (Lipinski definition) is 3. The Morgan fingerprint density at radius 3 is 2.35 bits per heavy atom. The summed E-state index contributed by atoms with van der Waals surface area (Å²) in [5.41, 5.74) is 2.81. The number of rotatable bonds is 2. The number of ether oxygens (including phenoxy) is 1. The van der Waals surface area contributed by atoms with Gasteiger partial charge in [-0.15, -0.1) is 0 Å². The third-order valence-corrected chi connectivity index (χ3v) is 3.04. The van der Waals surface area contributed by atoms with E-state index in [2.05, 4.69) is 16.1 Å². The van der Waals surface area contributed by atoms with Crippen LogP contribution in [0.5, 0.6) is 0 Å². The van der Waals surface area contributed by atoms with E-state index in [0.717, 1.165) is 24.9 Å². The molecule has 0 amide bonds. The monoisotopic (exact) mass is 255 g/mol. The van der Waals surface area contributed by atoms with Crippen molar-refractivity contribution in [2.75, 3.05) is 27.3 Å². The maximum atomic E-state index is 10.7. The summed E-state index contributed by atoms with van der Waals surface area (Å²) in [6.07, 6.45) is 0.820. The van der Waals surface area contributed by atoms with Crippen LogP contribution < -0.4 is 5.32 Å². The van der Waals surface area contributed by atoms with Gasteiger partial charge < -0.3 is 10.1 Å². The lowest BCUT2D eigenvalue weighted by Gasteiger charge is -2.28. The first kappa shape index (κ1) is 14.2. The molecule has 1 saturated heterocycles. The van der Waals surface area contributed by atoms with Crippen LogP contribution in [0.1, 0.15) is 27.4 Å². The van der Waals surface area contributed by atoms with Crippen LogP contribution in [0.3, 0.4) is 0 Å². The van der Waals surface area contributed by atoms with Gasteiger partial charge in [-0.25, -0.2) is 0 Å². The maximum Gasteiger partial charge on any atom is 0.151 e. The van der Waals surface area contributed by atoms with Gasteiger partial charge in [-0.05, 0) is 24.1 Å². The van der Waals surface area contributed by atoms with E-state index in [1.165, 1.54) is 5.56 Å². The van der Waals surface area contributed by atoms with E-state index in [1.807, 2.05) is 13.0 Å². The molecule has 1 aliphatic heterocycles. The van der Waals surface area contributed by atoms with Crippen LogP contribution in [0.2, 0.25) is 5.02 Å². The zero-order valence-electron chi connectivity index (χ0n) is 10.4. The number of hydrogen-bond donors (Lipinski definition) is 1. The highest BCUT2D eigenvalue weighted by molar-refractivity contribution is 6.33. The van der Waals surface area contributed by atoms with Crippen molar-refractivity contribution in [2.24, 2.45) is 0 Å². The Bertz CT molecular complexity index is 366. The molecule has 94 valence electrons. The second-order valence-electron chi connectivity index (χ2n) is 4.11. The Labute approximate surface area is 107 Å². The van der Waals surface area contributed by atoms with Crippen molar-refractivity contribution in [1.29, 1.82) is 0 Å². The summed E-state index contributed by atoms with van der Waals surface area (Å²) in [5, 5.41) is 3.79. The normalized spacial score (nSPS) is 14.6. The molecule has 0 unspecified atom stereocenters. The van der Waals surface area contributed by atoms with Gasteiger partial charge in [-0.3, -0.25) is 4.79 Å². The highest BCUT2D eigenvalue weighted by atomic mass is 35.5. The molecule has 1 N–H and O–H groups in total. The Kier molecular flexibility index (Phi) is 5.62. The lowest BCUT2D eigenvalue weighted by Crippen LogP contribution is -2.39. The predicted molar refractivity (Wildman–Crippen MR) is 70.1 cm³/mol. The lowest BCUT2D eigenvalue weighted by molar-refractivity contribution is 0.112. The summed E-state index contributed by atoms with van der Waals surface area (Å²) >= 11 is 6.01. The van der Waals surface area contributed by atoms with Gasteiger partial charge in [-0.1, -0.05) is 17.7 Å². The Balaban J connectivity index is 0.000000437. The zero-order valence-corrected chi connectivity index (χ0v) is 11.2. The van der Waals surface area contributed by atoms with Crippen LogP contribution in [-0.2, 0) is 4.74 Å². The minimum Gasteiger partial charge on any atom is -0.388 e. The van der Waals surface area contributed by atoms with Crippen molar-refractivity contribution in [1.82, 2.24) is 5.32 Å². The number of nitrogens with one attached hydrogen (secondary N) is 1. The third-order valence-electron chi connectivity index (χ3n) is 2.73. The molecule has 1 heterocycles. The molecule has 3 nitrogen and oxygen atoms in total. The summed E-state index contributed by atoms with van der Waals surface area (Å²) < 4.78 is 4.25. The first-order valence-corrected chi connectivity index (χ1v) is 5.87. The minimum atomic E-state index is 0.562. The van der Waals surface area contributed by atoms with Crippen molar-refractivity contribution < 1.29 is 9.53 Å². The molecule has 17 heavy (non-hydrogen) atoms. The smallest absolute Gasteiger partial charge is 0.151 e. The molecule has 1 aromatic carbocycles. The van der Waals surface area contributed by atoms with Gasteiger partial charge in [0, 0.05) is 38.8 Å². The largest absolute Gasteiger partial charge is 0.388 e. The van der Waals surface area contributed by atoms with Gasteiger partial charge in [0.1, 0.15) is 0 Å². The van der Waals surface area contributed by atoms with E-state index >= 15 is 0 Å². The van der Waals surface area contributed by atoms with Crippen molar-refractivity contribution >= 4 is 17.9 Å². The fourth-order valence-electron chi connectivity index (χ4n) is 1.69. The molecular weight excluding hydrogens is 238 g/mol. The number of benzene rings is 1. The van der Waals surface area contributed by atoms with Gasteiger partial charge in [0.2, 0.25) is 0 Å². The van der Waals surface area contributed by atoms with Gasteiger partial charge in [0.25, 0.3) is 0 Å². The molecule has 0 aromatic heterocycles. The molecule has 1 aliphatic rings.